The van der Waals surface area contributed by atoms with Gasteiger partial charge in [0.2, 0.25) is 0 Å². The summed E-state index contributed by atoms with van der Waals surface area (Å²) in [4.78, 5) is 22.4. The molecule has 0 amide bonds. The molecule has 2 rings (SSSR count). The molecule has 0 heterocycles. The quantitative estimate of drug-likeness (QED) is 0.499. The number of carboxylic acid groups (broad SMARTS) is 1. The Morgan fingerprint density at radius 1 is 0.895 bits per heavy atom. The fourth-order valence-corrected chi connectivity index (χ4v) is 1.45. The van der Waals surface area contributed by atoms with Crippen LogP contribution in [0.3, 0.4) is 0 Å². The van der Waals surface area contributed by atoms with E-state index in [-0.39, 0.29) is 11.3 Å². The molecule has 0 aliphatic heterocycles. The zero-order chi connectivity index (χ0) is 13.8. The van der Waals surface area contributed by atoms with Crippen molar-refractivity contribution < 1.29 is 19.4 Å². The van der Waals surface area contributed by atoms with Crippen molar-refractivity contribution in [2.75, 3.05) is 5.73 Å². The predicted octanol–water partition coefficient (Wildman–Crippen LogP) is 2.19. The molecule has 0 unspecified atom stereocenters. The Balaban J connectivity index is 2.10. The van der Waals surface area contributed by atoms with E-state index in [1.165, 1.54) is 24.3 Å². The van der Waals surface area contributed by atoms with Crippen molar-refractivity contribution >= 4 is 17.6 Å². The summed E-state index contributed by atoms with van der Waals surface area (Å²) >= 11 is 0. The van der Waals surface area contributed by atoms with E-state index >= 15 is 0 Å². The molecule has 2 aromatic carbocycles. The number of ether oxygens (including phenoxy) is 1. The van der Waals surface area contributed by atoms with E-state index in [1.54, 1.807) is 24.3 Å². The summed E-state index contributed by atoms with van der Waals surface area (Å²) in [5.74, 6) is -1.27. The van der Waals surface area contributed by atoms with E-state index in [1.807, 2.05) is 0 Å². The Labute approximate surface area is 109 Å². The molecule has 0 saturated heterocycles. The lowest BCUT2D eigenvalue weighted by Gasteiger charge is -2.04. The van der Waals surface area contributed by atoms with Gasteiger partial charge in [0.25, 0.3) is 0 Å². The number of carboxylic acids is 1. The third-order valence-electron chi connectivity index (χ3n) is 2.46. The van der Waals surface area contributed by atoms with E-state index in [0.29, 0.717) is 11.3 Å². The summed E-state index contributed by atoms with van der Waals surface area (Å²) in [5.41, 5.74) is 6.58. The summed E-state index contributed by atoms with van der Waals surface area (Å²) in [6.07, 6.45) is 0. The number of benzene rings is 2. The second-order valence-corrected chi connectivity index (χ2v) is 3.84. The lowest BCUT2D eigenvalue weighted by Crippen LogP contribution is -2.08. The minimum atomic E-state index is -1.03. The van der Waals surface area contributed by atoms with Crippen LogP contribution in [0.1, 0.15) is 20.7 Å². The van der Waals surface area contributed by atoms with Crippen molar-refractivity contribution in [1.29, 1.82) is 0 Å². The maximum atomic E-state index is 11.8. The molecule has 0 radical (unpaired) electrons. The highest BCUT2D eigenvalue weighted by molar-refractivity contribution is 5.91. The molecule has 0 atom stereocenters. The lowest BCUT2D eigenvalue weighted by atomic mass is 10.2. The van der Waals surface area contributed by atoms with Crippen LogP contribution in [0.5, 0.6) is 5.75 Å². The fraction of sp³-hybridized carbons (Fsp3) is 0. The van der Waals surface area contributed by atoms with Gasteiger partial charge in [-0.25, -0.2) is 9.59 Å². The largest absolute Gasteiger partial charge is 0.478 e. The number of aromatic carboxylic acids is 1. The average Bonchev–Trinajstić information content (AvgIpc) is 2.40. The first-order chi connectivity index (χ1) is 9.06. The smallest absolute Gasteiger partial charge is 0.343 e. The molecule has 5 nitrogen and oxygen atoms in total. The zero-order valence-electron chi connectivity index (χ0n) is 9.87. The highest BCUT2D eigenvalue weighted by Gasteiger charge is 2.09. The van der Waals surface area contributed by atoms with Crippen LogP contribution < -0.4 is 10.5 Å². The first-order valence-corrected chi connectivity index (χ1v) is 5.47. The molecule has 5 heteroatoms. The number of hydrogen-bond donors (Lipinski definition) is 2. The Kier molecular flexibility index (Phi) is 3.47. The van der Waals surface area contributed by atoms with Crippen LogP contribution in [0.4, 0.5) is 5.69 Å². The zero-order valence-corrected chi connectivity index (χ0v) is 9.87. The number of carbonyl (C=O) groups is 2. The van der Waals surface area contributed by atoms with Gasteiger partial charge in [0.05, 0.1) is 11.1 Å². The first kappa shape index (κ1) is 12.6. The van der Waals surface area contributed by atoms with Gasteiger partial charge in [-0.2, -0.15) is 0 Å². The number of hydrogen-bond acceptors (Lipinski definition) is 4. The van der Waals surface area contributed by atoms with Gasteiger partial charge >= 0.3 is 11.9 Å². The summed E-state index contributed by atoms with van der Waals surface area (Å²) < 4.78 is 5.10. The van der Waals surface area contributed by atoms with Crippen LogP contribution in [0.2, 0.25) is 0 Å². The van der Waals surface area contributed by atoms with E-state index < -0.39 is 11.9 Å². The van der Waals surface area contributed by atoms with E-state index in [4.69, 9.17) is 15.6 Å². The molecule has 0 spiro atoms. The fourth-order valence-electron chi connectivity index (χ4n) is 1.45. The third-order valence-corrected chi connectivity index (χ3v) is 2.46. The summed E-state index contributed by atoms with van der Waals surface area (Å²) in [5, 5.41) is 8.74. The molecule has 96 valence electrons. The van der Waals surface area contributed by atoms with Gasteiger partial charge in [-0.05, 0) is 48.5 Å². The number of rotatable bonds is 3. The second-order valence-electron chi connectivity index (χ2n) is 3.84. The van der Waals surface area contributed by atoms with Crippen LogP contribution in [-0.4, -0.2) is 17.0 Å². The van der Waals surface area contributed by atoms with E-state index in [9.17, 15) is 9.59 Å². The Morgan fingerprint density at radius 2 is 1.42 bits per heavy atom. The Morgan fingerprint density at radius 3 is 1.95 bits per heavy atom. The van der Waals surface area contributed by atoms with Crippen molar-refractivity contribution in [3.05, 3.63) is 59.7 Å². The molecule has 0 aliphatic carbocycles. The van der Waals surface area contributed by atoms with Crippen molar-refractivity contribution in [2.45, 2.75) is 0 Å². The molecule has 0 saturated carbocycles. The van der Waals surface area contributed by atoms with Crippen LogP contribution in [0, 0.1) is 0 Å². The van der Waals surface area contributed by atoms with Gasteiger partial charge in [0, 0.05) is 5.69 Å². The van der Waals surface area contributed by atoms with Crippen LogP contribution >= 0.6 is 0 Å². The van der Waals surface area contributed by atoms with Crippen molar-refractivity contribution in [3.8, 4) is 5.75 Å². The predicted molar refractivity (Wildman–Crippen MR) is 69.2 cm³/mol. The van der Waals surface area contributed by atoms with Gasteiger partial charge in [-0.1, -0.05) is 0 Å². The molecule has 2 aromatic rings. The Bertz CT molecular complexity index is 602. The number of nitrogens with two attached hydrogens (primary N) is 1. The molecular formula is C14H11NO4. The van der Waals surface area contributed by atoms with Crippen LogP contribution in [-0.2, 0) is 0 Å². The van der Waals surface area contributed by atoms with Gasteiger partial charge in [0.15, 0.2) is 0 Å². The SMILES string of the molecule is Nc1ccc(C(=O)Oc2ccc(C(=O)O)cc2)cc1. The normalized spacial score (nSPS) is 9.89. The number of carbonyl (C=O) groups excluding carboxylic acids is 1. The number of anilines is 1. The standard InChI is InChI=1S/C14H11NO4/c15-11-5-1-10(2-6-11)14(18)19-12-7-3-9(4-8-12)13(16)17/h1-8H,15H2,(H,16,17). The average molecular weight is 257 g/mol. The molecule has 3 N–H and O–H groups in total. The first-order valence-electron chi connectivity index (χ1n) is 5.47. The minimum absolute atomic E-state index is 0.132. The molecule has 0 aromatic heterocycles. The van der Waals surface area contributed by atoms with E-state index in [2.05, 4.69) is 0 Å². The molecule has 0 aliphatic rings. The molecule has 19 heavy (non-hydrogen) atoms. The molecule has 0 fully saturated rings. The van der Waals surface area contributed by atoms with Gasteiger partial charge in [-0.3, -0.25) is 0 Å². The highest BCUT2D eigenvalue weighted by atomic mass is 16.5. The third kappa shape index (κ3) is 3.10. The maximum Gasteiger partial charge on any atom is 0.343 e. The van der Waals surface area contributed by atoms with Crippen molar-refractivity contribution in [2.24, 2.45) is 0 Å². The van der Waals surface area contributed by atoms with Gasteiger partial charge in [-0.15, -0.1) is 0 Å². The number of esters is 1. The summed E-state index contributed by atoms with van der Waals surface area (Å²) in [6, 6.07) is 11.9. The van der Waals surface area contributed by atoms with Gasteiger partial charge < -0.3 is 15.6 Å². The second kappa shape index (κ2) is 5.22. The van der Waals surface area contributed by atoms with Gasteiger partial charge in [0.1, 0.15) is 5.75 Å². The summed E-state index contributed by atoms with van der Waals surface area (Å²) in [7, 11) is 0. The van der Waals surface area contributed by atoms with Crippen molar-refractivity contribution in [1.82, 2.24) is 0 Å². The number of nitrogen functional groups attached to an aromatic ring is 1. The van der Waals surface area contributed by atoms with Crippen LogP contribution in [0.15, 0.2) is 48.5 Å². The molecule has 0 bridgehead atoms. The highest BCUT2D eigenvalue weighted by Crippen LogP contribution is 2.15. The topological polar surface area (TPSA) is 89.6 Å². The summed E-state index contributed by atoms with van der Waals surface area (Å²) in [6.45, 7) is 0. The van der Waals surface area contributed by atoms with Crippen molar-refractivity contribution in [3.63, 3.8) is 0 Å². The lowest BCUT2D eigenvalue weighted by molar-refractivity contribution is 0.0696. The monoisotopic (exact) mass is 257 g/mol. The maximum absolute atomic E-state index is 11.8. The Hall–Kier alpha value is -2.82. The van der Waals surface area contributed by atoms with Crippen LogP contribution in [0.25, 0.3) is 0 Å². The van der Waals surface area contributed by atoms with E-state index in [0.717, 1.165) is 0 Å². The minimum Gasteiger partial charge on any atom is -0.478 e. The molecular weight excluding hydrogens is 246 g/mol.